The molecule has 35 heavy (non-hydrogen) atoms. The Hall–Kier alpha value is -2.17. The van der Waals surface area contributed by atoms with Gasteiger partial charge < -0.3 is 10.1 Å². The van der Waals surface area contributed by atoms with Crippen LogP contribution in [0.1, 0.15) is 39.2 Å². The van der Waals surface area contributed by atoms with Crippen molar-refractivity contribution >= 4 is 31.1 Å². The molecule has 7 nitrogen and oxygen atoms in total. The third-order valence-electron chi connectivity index (χ3n) is 6.11. The van der Waals surface area contributed by atoms with Gasteiger partial charge >= 0.3 is 0 Å². The number of aryl methyl sites for hydroxylation is 1. The number of hydrogen-bond acceptors (Lipinski definition) is 6. The number of alkyl halides is 1. The average molecular weight is 526 g/mol. The number of halogens is 1. The molecule has 1 aliphatic heterocycles. The summed E-state index contributed by atoms with van der Waals surface area (Å²) in [5, 5.41) is 2.98. The van der Waals surface area contributed by atoms with Gasteiger partial charge in [-0.2, -0.15) is 0 Å². The number of nitrogens with one attached hydrogen (secondary N) is 2. The maximum Gasteiger partial charge on any atom is 0.264 e. The Morgan fingerprint density at radius 1 is 1.11 bits per heavy atom. The second-order valence-corrected chi connectivity index (χ2v) is 13.6. The van der Waals surface area contributed by atoms with Gasteiger partial charge in [-0.3, -0.25) is 4.31 Å². The van der Waals surface area contributed by atoms with Gasteiger partial charge in [-0.1, -0.05) is 32.9 Å². The van der Waals surface area contributed by atoms with Crippen LogP contribution in [0.25, 0.3) is 0 Å². The van der Waals surface area contributed by atoms with Crippen LogP contribution in [-0.2, 0) is 30.9 Å². The predicted octanol–water partition coefficient (Wildman–Crippen LogP) is 5.07. The zero-order valence-electron chi connectivity index (χ0n) is 20.8. The molecule has 2 aromatic rings. The van der Waals surface area contributed by atoms with Crippen LogP contribution in [-0.4, -0.2) is 50.9 Å². The number of ether oxygens (including phenoxy) is 1. The normalized spacial score (nSPS) is 17.7. The number of benzene rings is 2. The molecular weight excluding hydrogens is 489 g/mol. The Kier molecular flexibility index (Phi) is 8.49. The quantitative estimate of drug-likeness (QED) is 0.451. The van der Waals surface area contributed by atoms with E-state index in [1.54, 1.807) is 12.1 Å². The van der Waals surface area contributed by atoms with Crippen LogP contribution < -0.4 is 9.62 Å². The molecule has 10 heteroatoms. The van der Waals surface area contributed by atoms with Crippen LogP contribution in [0.4, 0.5) is 15.8 Å². The molecular formula is C25H36FN3O4S2. The summed E-state index contributed by atoms with van der Waals surface area (Å²) in [6.07, 6.45) is 2.56. The van der Waals surface area contributed by atoms with E-state index in [0.717, 1.165) is 12.0 Å². The van der Waals surface area contributed by atoms with E-state index in [1.807, 2.05) is 32.9 Å². The molecule has 0 radical (unpaired) electrons. The molecule has 194 valence electrons. The Morgan fingerprint density at radius 2 is 1.74 bits per heavy atom. The summed E-state index contributed by atoms with van der Waals surface area (Å²) in [5.74, 6) is 0.0582. The smallest absolute Gasteiger partial charge is 0.264 e. The summed E-state index contributed by atoms with van der Waals surface area (Å²) >= 11 is 0. The molecule has 1 atom stereocenters. The fourth-order valence-corrected chi connectivity index (χ4v) is 6.64. The number of anilines is 2. The summed E-state index contributed by atoms with van der Waals surface area (Å²) < 4.78 is 70.1. The van der Waals surface area contributed by atoms with Crippen molar-refractivity contribution in [2.75, 3.05) is 42.2 Å². The molecule has 1 fully saturated rings. The van der Waals surface area contributed by atoms with Gasteiger partial charge in [0, 0.05) is 45.4 Å². The predicted molar refractivity (Wildman–Crippen MR) is 139 cm³/mol. The number of hydrogen-bond donors (Lipinski definition) is 2. The lowest BCUT2D eigenvalue weighted by Gasteiger charge is -2.30. The number of nitrogens with zero attached hydrogens (tertiary/aromatic N) is 1. The molecule has 0 bridgehead atoms. The monoisotopic (exact) mass is 525 g/mol. The third kappa shape index (κ3) is 6.74. The largest absolute Gasteiger partial charge is 0.381 e. The summed E-state index contributed by atoms with van der Waals surface area (Å²) in [4.78, 5) is -0.0128. The van der Waals surface area contributed by atoms with Crippen molar-refractivity contribution in [3.63, 3.8) is 0 Å². The zero-order chi connectivity index (χ0) is 25.9. The Morgan fingerprint density at radius 3 is 2.29 bits per heavy atom. The van der Waals surface area contributed by atoms with E-state index in [1.165, 1.54) is 28.8 Å². The van der Waals surface area contributed by atoms with Gasteiger partial charge in [-0.05, 0) is 48.2 Å². The molecule has 3 rings (SSSR count). The van der Waals surface area contributed by atoms with E-state index in [9.17, 15) is 12.6 Å². The maximum absolute atomic E-state index is 15.1. The molecule has 0 aliphatic carbocycles. The first-order valence-electron chi connectivity index (χ1n) is 11.9. The van der Waals surface area contributed by atoms with E-state index < -0.39 is 25.4 Å². The molecule has 1 unspecified atom stereocenters. The minimum Gasteiger partial charge on any atom is -0.381 e. The van der Waals surface area contributed by atoms with Gasteiger partial charge in [0.1, 0.15) is 5.67 Å². The number of rotatable bonds is 10. The van der Waals surface area contributed by atoms with Gasteiger partial charge in [0.25, 0.3) is 10.0 Å². The standard InChI is InChI=1S/C25H36FN3O4S2/c1-5-20-6-8-21(9-7-20)29(17-19(2)3)35(31,32)22-10-11-23(24(16-22)34(4,27)30)28-18-25(26)12-14-33-15-13-25/h6-11,16,19,27-28H,5,12-15,17-18H2,1-4H3. The molecule has 0 spiro atoms. The fourth-order valence-electron chi connectivity index (χ4n) is 4.00. The highest BCUT2D eigenvalue weighted by molar-refractivity contribution is 7.93. The lowest BCUT2D eigenvalue weighted by atomic mass is 9.96. The van der Waals surface area contributed by atoms with Gasteiger partial charge in [-0.15, -0.1) is 0 Å². The van der Waals surface area contributed by atoms with Crippen LogP contribution in [0.5, 0.6) is 0 Å². The maximum atomic E-state index is 15.1. The number of sulfonamides is 1. The summed E-state index contributed by atoms with van der Waals surface area (Å²) in [7, 11) is -7.31. The van der Waals surface area contributed by atoms with Crippen molar-refractivity contribution in [1.82, 2.24) is 0 Å². The molecule has 2 N–H and O–H groups in total. The van der Waals surface area contributed by atoms with Gasteiger partial charge in [0.15, 0.2) is 0 Å². The Balaban J connectivity index is 1.99. The summed E-state index contributed by atoms with van der Waals surface area (Å²) in [6.45, 7) is 6.79. The second-order valence-electron chi connectivity index (χ2n) is 9.57. The van der Waals surface area contributed by atoms with Crippen molar-refractivity contribution in [3.8, 4) is 0 Å². The molecule has 0 saturated carbocycles. The second kappa shape index (κ2) is 10.8. The van der Waals surface area contributed by atoms with Crippen LogP contribution in [0.3, 0.4) is 0 Å². The highest BCUT2D eigenvalue weighted by Gasteiger charge is 2.33. The van der Waals surface area contributed by atoms with Gasteiger partial charge in [0.05, 0.1) is 30.9 Å². The van der Waals surface area contributed by atoms with Crippen molar-refractivity contribution in [2.24, 2.45) is 5.92 Å². The minimum atomic E-state index is -4.01. The average Bonchev–Trinajstić information content (AvgIpc) is 2.81. The first-order valence-corrected chi connectivity index (χ1v) is 15.3. The first kappa shape index (κ1) is 27.4. The van der Waals surface area contributed by atoms with Crippen molar-refractivity contribution < 1.29 is 21.8 Å². The molecule has 2 aromatic carbocycles. The van der Waals surface area contributed by atoms with Crippen molar-refractivity contribution in [1.29, 1.82) is 4.78 Å². The van der Waals surface area contributed by atoms with E-state index in [4.69, 9.17) is 9.52 Å². The van der Waals surface area contributed by atoms with Crippen LogP contribution >= 0.6 is 0 Å². The molecule has 0 amide bonds. The minimum absolute atomic E-state index is 0.0335. The van der Waals surface area contributed by atoms with Crippen molar-refractivity contribution in [3.05, 3.63) is 48.0 Å². The van der Waals surface area contributed by atoms with Gasteiger partial charge in [-0.25, -0.2) is 21.8 Å². The molecule has 1 aliphatic rings. The topological polar surface area (TPSA) is 99.6 Å². The van der Waals surface area contributed by atoms with Crippen LogP contribution in [0, 0.1) is 10.7 Å². The molecule has 1 heterocycles. The Labute approximate surface area is 209 Å². The van der Waals surface area contributed by atoms with E-state index >= 15 is 4.39 Å². The fraction of sp³-hybridized carbons (Fsp3) is 0.520. The van der Waals surface area contributed by atoms with E-state index in [0.29, 0.717) is 24.6 Å². The highest BCUT2D eigenvalue weighted by atomic mass is 32.2. The van der Waals surface area contributed by atoms with Gasteiger partial charge in [0.2, 0.25) is 0 Å². The SMILES string of the molecule is CCc1ccc(N(CC(C)C)S(=O)(=O)c2ccc(NCC3(F)CCOCC3)c(S(C)(=N)=O)c2)cc1. The lowest BCUT2D eigenvalue weighted by molar-refractivity contribution is -0.00117. The summed E-state index contributed by atoms with van der Waals surface area (Å²) in [6, 6.07) is 11.6. The molecule has 1 saturated heterocycles. The third-order valence-corrected chi connectivity index (χ3v) is 9.08. The highest BCUT2D eigenvalue weighted by Crippen LogP contribution is 2.32. The first-order chi connectivity index (χ1) is 16.4. The van der Waals surface area contributed by atoms with Crippen LogP contribution in [0.15, 0.2) is 52.3 Å². The van der Waals surface area contributed by atoms with Crippen molar-refractivity contribution in [2.45, 2.75) is 55.5 Å². The molecule has 0 aromatic heterocycles. The zero-order valence-corrected chi connectivity index (χ0v) is 22.5. The van der Waals surface area contributed by atoms with E-state index in [-0.39, 0.29) is 41.6 Å². The van der Waals surface area contributed by atoms with E-state index in [2.05, 4.69) is 5.32 Å². The summed E-state index contributed by atoms with van der Waals surface area (Å²) in [5.41, 5.74) is 0.470. The lowest BCUT2D eigenvalue weighted by Crippen LogP contribution is -2.38. The Bertz CT molecular complexity index is 1220. The van der Waals surface area contributed by atoms with Crippen LogP contribution in [0.2, 0.25) is 0 Å².